The van der Waals surface area contributed by atoms with Crippen molar-refractivity contribution >= 4 is 33.2 Å². The molecule has 8 rings (SSSR count). The Morgan fingerprint density at radius 3 is 2.00 bits per heavy atom. The summed E-state index contributed by atoms with van der Waals surface area (Å²) < 4.78 is 2.40. The lowest BCUT2D eigenvalue weighted by molar-refractivity contribution is 0.745. The summed E-state index contributed by atoms with van der Waals surface area (Å²) in [6, 6.07) is 44.2. The highest BCUT2D eigenvalue weighted by Gasteiger charge is 2.39. The van der Waals surface area contributed by atoms with Crippen LogP contribution in [-0.2, 0) is 0 Å². The first kappa shape index (κ1) is 21.3. The number of rotatable bonds is 3. The minimum Gasteiger partial charge on any atom is -0.333 e. The van der Waals surface area contributed by atoms with Gasteiger partial charge in [-0.2, -0.15) is 0 Å². The molecule has 6 aromatic rings. The van der Waals surface area contributed by atoms with Crippen LogP contribution >= 0.6 is 0 Å². The summed E-state index contributed by atoms with van der Waals surface area (Å²) in [6.07, 6.45) is 9.13. The number of fused-ring (bicyclic) bond motifs is 6. The maximum absolute atomic E-state index is 2.51. The summed E-state index contributed by atoms with van der Waals surface area (Å²) in [7, 11) is 0. The smallest absolute Gasteiger partial charge is 0.0629 e. The van der Waals surface area contributed by atoms with Crippen molar-refractivity contribution in [1.82, 2.24) is 4.57 Å². The largest absolute Gasteiger partial charge is 0.333 e. The molecule has 0 amide bonds. The van der Waals surface area contributed by atoms with Crippen molar-refractivity contribution in [1.29, 1.82) is 0 Å². The van der Waals surface area contributed by atoms with Crippen LogP contribution < -0.4 is 4.90 Å². The molecule has 0 fully saturated rings. The summed E-state index contributed by atoms with van der Waals surface area (Å²) >= 11 is 0. The van der Waals surface area contributed by atoms with Gasteiger partial charge in [0.2, 0.25) is 0 Å². The molecule has 1 aliphatic heterocycles. The van der Waals surface area contributed by atoms with Crippen LogP contribution in [0, 0.1) is 0 Å². The summed E-state index contributed by atoms with van der Waals surface area (Å²) in [4.78, 5) is 2.51. The summed E-state index contributed by atoms with van der Waals surface area (Å²) in [6.45, 7) is 0. The number of benzene rings is 5. The molecule has 0 saturated heterocycles. The van der Waals surface area contributed by atoms with E-state index in [0.717, 1.165) is 0 Å². The maximum atomic E-state index is 2.51. The fraction of sp³-hybridized carbons (Fsp3) is 0.0556. The van der Waals surface area contributed by atoms with Crippen LogP contribution in [0.5, 0.6) is 0 Å². The van der Waals surface area contributed by atoms with Crippen LogP contribution in [0.4, 0.5) is 11.4 Å². The predicted molar refractivity (Wildman–Crippen MR) is 160 cm³/mol. The molecule has 0 spiro atoms. The van der Waals surface area contributed by atoms with Gasteiger partial charge in [0.15, 0.2) is 0 Å². The Morgan fingerprint density at radius 2 is 1.16 bits per heavy atom. The zero-order chi connectivity index (χ0) is 25.1. The zero-order valence-electron chi connectivity index (χ0n) is 20.9. The third-order valence-corrected chi connectivity index (χ3v) is 8.12. The van der Waals surface area contributed by atoms with Gasteiger partial charge >= 0.3 is 0 Å². The normalized spacial score (nSPS) is 17.7. The van der Waals surface area contributed by atoms with E-state index in [1.807, 2.05) is 0 Å². The van der Waals surface area contributed by atoms with Gasteiger partial charge in [-0.05, 0) is 59.2 Å². The van der Waals surface area contributed by atoms with Gasteiger partial charge in [-0.3, -0.25) is 0 Å². The molecule has 2 heteroatoms. The Bertz CT molecular complexity index is 1880. The summed E-state index contributed by atoms with van der Waals surface area (Å²) in [5.74, 6) is 0.295. The van der Waals surface area contributed by atoms with Gasteiger partial charge in [0.05, 0.1) is 17.1 Å². The van der Waals surface area contributed by atoms with Crippen LogP contribution in [0.3, 0.4) is 0 Å². The van der Waals surface area contributed by atoms with E-state index >= 15 is 0 Å². The average Bonchev–Trinajstić information content (AvgIpc) is 3.51. The van der Waals surface area contributed by atoms with E-state index in [-0.39, 0.29) is 6.04 Å². The van der Waals surface area contributed by atoms with Gasteiger partial charge in [-0.25, -0.2) is 0 Å². The number of para-hydroxylation sites is 3. The van der Waals surface area contributed by atoms with E-state index in [9.17, 15) is 0 Å². The van der Waals surface area contributed by atoms with Gasteiger partial charge < -0.3 is 9.47 Å². The molecule has 1 aliphatic carbocycles. The number of aromatic nitrogens is 1. The second kappa shape index (κ2) is 8.36. The second-order valence-electron chi connectivity index (χ2n) is 10.1. The maximum Gasteiger partial charge on any atom is 0.0629 e. The molecule has 1 aromatic heterocycles. The molecule has 2 unspecified atom stereocenters. The molecule has 0 saturated carbocycles. The van der Waals surface area contributed by atoms with Crippen LogP contribution in [0.2, 0.25) is 0 Å². The third kappa shape index (κ3) is 3.01. The number of anilines is 2. The molecule has 180 valence electrons. The van der Waals surface area contributed by atoms with Crippen molar-refractivity contribution in [2.24, 2.45) is 0 Å². The molecule has 2 nitrogen and oxygen atoms in total. The summed E-state index contributed by atoms with van der Waals surface area (Å²) in [5.41, 5.74) is 10.2. The fourth-order valence-electron chi connectivity index (χ4n) is 6.62. The van der Waals surface area contributed by atoms with E-state index in [1.165, 1.54) is 55.6 Å². The highest BCUT2D eigenvalue weighted by Crippen LogP contribution is 2.52. The van der Waals surface area contributed by atoms with Crippen molar-refractivity contribution in [2.75, 3.05) is 4.90 Å². The van der Waals surface area contributed by atoms with E-state index in [2.05, 4.69) is 155 Å². The second-order valence-corrected chi connectivity index (χ2v) is 10.1. The molecule has 0 radical (unpaired) electrons. The zero-order valence-corrected chi connectivity index (χ0v) is 20.9. The summed E-state index contributed by atoms with van der Waals surface area (Å²) in [5, 5.41) is 2.60. The monoisotopic (exact) mass is 486 g/mol. The molecule has 0 N–H and O–H groups in total. The molecule has 38 heavy (non-hydrogen) atoms. The quantitative estimate of drug-likeness (QED) is 0.242. The lowest BCUT2D eigenvalue weighted by atomic mass is 9.85. The average molecular weight is 487 g/mol. The molecule has 5 aromatic carbocycles. The molecule has 2 heterocycles. The van der Waals surface area contributed by atoms with Gasteiger partial charge in [0.25, 0.3) is 0 Å². The molecule has 2 atom stereocenters. The molecule has 0 bridgehead atoms. The van der Waals surface area contributed by atoms with E-state index < -0.39 is 0 Å². The first-order valence-electron chi connectivity index (χ1n) is 13.3. The highest BCUT2D eigenvalue weighted by molar-refractivity contribution is 6.16. The van der Waals surface area contributed by atoms with Crippen LogP contribution in [0.15, 0.2) is 146 Å². The number of hydrogen-bond donors (Lipinski definition) is 0. The number of allylic oxidation sites excluding steroid dienone is 2. The Balaban J connectivity index is 1.43. The molecular weight excluding hydrogens is 460 g/mol. The standard InChI is InChI=1S/C36H26N2/c1-3-13-25(14-4-1)37-31-21-9-7-17-29(31)35-27(19-11-23-33(35)37)28-20-12-24-34-36(28)30-18-8-10-22-32(30)38(34)26-15-5-2-6-16-26/h1-24,29,31H. The lowest BCUT2D eigenvalue weighted by Crippen LogP contribution is -2.28. The van der Waals surface area contributed by atoms with Crippen LogP contribution in [0.25, 0.3) is 38.6 Å². The van der Waals surface area contributed by atoms with Crippen molar-refractivity contribution in [2.45, 2.75) is 12.0 Å². The Labute approximate surface area is 222 Å². The lowest BCUT2D eigenvalue weighted by Gasteiger charge is -2.28. The van der Waals surface area contributed by atoms with Crippen LogP contribution in [-0.4, -0.2) is 10.6 Å². The minimum absolute atomic E-state index is 0.267. The van der Waals surface area contributed by atoms with E-state index in [0.29, 0.717) is 5.92 Å². The Morgan fingerprint density at radius 1 is 0.500 bits per heavy atom. The SMILES string of the molecule is C1=CC2c3c(-c4cccc5c4c4ccccc4n5-c4ccccc4)cccc3N(c3ccccc3)C2C=C1. The third-order valence-electron chi connectivity index (χ3n) is 8.12. The topological polar surface area (TPSA) is 8.17 Å². The van der Waals surface area contributed by atoms with Gasteiger partial charge in [-0.1, -0.05) is 103 Å². The van der Waals surface area contributed by atoms with Gasteiger partial charge in [-0.15, -0.1) is 0 Å². The van der Waals surface area contributed by atoms with Crippen LogP contribution in [0.1, 0.15) is 11.5 Å². The van der Waals surface area contributed by atoms with E-state index in [1.54, 1.807) is 0 Å². The van der Waals surface area contributed by atoms with Crippen molar-refractivity contribution in [3.05, 3.63) is 151 Å². The fourth-order valence-corrected chi connectivity index (χ4v) is 6.62. The minimum atomic E-state index is 0.267. The van der Waals surface area contributed by atoms with E-state index in [4.69, 9.17) is 0 Å². The first-order chi connectivity index (χ1) is 18.9. The number of nitrogens with zero attached hydrogens (tertiary/aromatic N) is 2. The Kier molecular flexibility index (Phi) is 4.68. The van der Waals surface area contributed by atoms with Crippen molar-refractivity contribution < 1.29 is 0 Å². The predicted octanol–water partition coefficient (Wildman–Crippen LogP) is 9.18. The van der Waals surface area contributed by atoms with Gasteiger partial charge in [0, 0.05) is 33.8 Å². The molecular formula is C36H26N2. The first-order valence-corrected chi connectivity index (χ1v) is 13.3. The number of hydrogen-bond acceptors (Lipinski definition) is 1. The highest BCUT2D eigenvalue weighted by atomic mass is 15.2. The van der Waals surface area contributed by atoms with Crippen molar-refractivity contribution in [3.8, 4) is 16.8 Å². The Hall–Kier alpha value is -4.82. The molecule has 2 aliphatic rings. The van der Waals surface area contributed by atoms with Crippen molar-refractivity contribution in [3.63, 3.8) is 0 Å². The van der Waals surface area contributed by atoms with Gasteiger partial charge in [0.1, 0.15) is 0 Å².